The second-order valence-corrected chi connectivity index (χ2v) is 5.83. The molecule has 7 heteroatoms. The molecule has 0 saturated carbocycles. The Kier molecular flexibility index (Phi) is 5.21. The normalized spacial score (nSPS) is 12.1. The fourth-order valence-electron chi connectivity index (χ4n) is 2.18. The molecule has 2 aromatic carbocycles. The molecule has 3 rings (SSSR count). The number of hydrogen-bond acceptors (Lipinski definition) is 5. The third-order valence-corrected chi connectivity index (χ3v) is 3.93. The molecule has 0 aliphatic heterocycles. The molecule has 1 atom stereocenters. The van der Waals surface area contributed by atoms with Crippen molar-refractivity contribution in [2.45, 2.75) is 19.8 Å². The predicted octanol–water partition coefficient (Wildman–Crippen LogP) is 3.90. The van der Waals surface area contributed by atoms with Gasteiger partial charge < -0.3 is 13.9 Å². The minimum atomic E-state index is -0.563. The molecule has 0 radical (unpaired) electrons. The highest BCUT2D eigenvalue weighted by Crippen LogP contribution is 2.21. The van der Waals surface area contributed by atoms with E-state index < -0.39 is 12.0 Å². The van der Waals surface area contributed by atoms with E-state index in [0.29, 0.717) is 22.9 Å². The van der Waals surface area contributed by atoms with Crippen LogP contribution in [-0.2, 0) is 11.3 Å². The maximum atomic E-state index is 11.8. The number of benzene rings is 2. The third kappa shape index (κ3) is 4.10. The van der Waals surface area contributed by atoms with Gasteiger partial charge in [0.1, 0.15) is 12.4 Å². The van der Waals surface area contributed by atoms with Gasteiger partial charge in [-0.15, -0.1) is 5.10 Å². The van der Waals surface area contributed by atoms with Crippen molar-refractivity contribution >= 4 is 11.6 Å². The Labute approximate surface area is 149 Å². The Bertz CT molecular complexity index is 885. The summed E-state index contributed by atoms with van der Waals surface area (Å²) >= 11 is 5.86. The summed E-state index contributed by atoms with van der Waals surface area (Å²) in [6.07, 6.45) is -0.494. The first kappa shape index (κ1) is 17.3. The van der Waals surface area contributed by atoms with Gasteiger partial charge in [0, 0.05) is 17.7 Å². The van der Waals surface area contributed by atoms with Crippen LogP contribution in [0.2, 0.25) is 5.02 Å². The smallest absolute Gasteiger partial charge is 0.439 e. The summed E-state index contributed by atoms with van der Waals surface area (Å²) in [5.74, 6) is 0.372. The van der Waals surface area contributed by atoms with Crippen molar-refractivity contribution in [3.05, 3.63) is 69.7 Å². The molecule has 0 N–H and O–H groups in total. The van der Waals surface area contributed by atoms with Crippen molar-refractivity contribution < 1.29 is 13.9 Å². The molecule has 6 nitrogen and oxygen atoms in total. The second-order valence-electron chi connectivity index (χ2n) is 5.39. The van der Waals surface area contributed by atoms with Crippen molar-refractivity contribution in [1.82, 2.24) is 9.78 Å². The highest BCUT2D eigenvalue weighted by molar-refractivity contribution is 6.30. The zero-order valence-corrected chi connectivity index (χ0v) is 14.6. The molecule has 1 unspecified atom stereocenters. The van der Waals surface area contributed by atoms with E-state index >= 15 is 0 Å². The van der Waals surface area contributed by atoms with Crippen LogP contribution >= 0.6 is 11.6 Å². The van der Waals surface area contributed by atoms with E-state index in [1.807, 2.05) is 24.3 Å². The fraction of sp³-hybridized carbons (Fsp3) is 0.222. The van der Waals surface area contributed by atoms with Gasteiger partial charge in [-0.25, -0.2) is 4.79 Å². The van der Waals surface area contributed by atoms with Gasteiger partial charge in [-0.3, -0.25) is 0 Å². The second kappa shape index (κ2) is 7.55. The zero-order chi connectivity index (χ0) is 17.8. The lowest BCUT2D eigenvalue weighted by atomic mass is 10.2. The topological polar surface area (TPSA) is 66.5 Å². The maximum Gasteiger partial charge on any atom is 0.439 e. The number of aromatic nitrogens is 2. The molecule has 0 bridgehead atoms. The van der Waals surface area contributed by atoms with E-state index in [9.17, 15) is 4.79 Å². The lowest BCUT2D eigenvalue weighted by Crippen LogP contribution is -2.20. The minimum absolute atomic E-state index is 0.234. The van der Waals surface area contributed by atoms with E-state index in [-0.39, 0.29) is 5.89 Å². The Balaban J connectivity index is 1.70. The van der Waals surface area contributed by atoms with Gasteiger partial charge in [0.25, 0.3) is 0 Å². The van der Waals surface area contributed by atoms with Gasteiger partial charge in [-0.2, -0.15) is 4.68 Å². The lowest BCUT2D eigenvalue weighted by Gasteiger charge is -2.07. The van der Waals surface area contributed by atoms with Crippen LogP contribution in [0.1, 0.15) is 18.7 Å². The van der Waals surface area contributed by atoms with Gasteiger partial charge in [-0.05, 0) is 48.9 Å². The number of rotatable bonds is 6. The van der Waals surface area contributed by atoms with E-state index in [2.05, 4.69) is 5.10 Å². The summed E-state index contributed by atoms with van der Waals surface area (Å²) in [6, 6.07) is 14.6. The van der Waals surface area contributed by atoms with Crippen LogP contribution in [0.3, 0.4) is 0 Å². The van der Waals surface area contributed by atoms with Gasteiger partial charge in [-0.1, -0.05) is 23.7 Å². The summed E-state index contributed by atoms with van der Waals surface area (Å²) in [5.41, 5.74) is 1.70. The quantitative estimate of drug-likeness (QED) is 0.667. The van der Waals surface area contributed by atoms with Crippen molar-refractivity contribution in [2.24, 2.45) is 0 Å². The largest absolute Gasteiger partial charge is 0.489 e. The summed E-state index contributed by atoms with van der Waals surface area (Å²) in [4.78, 5) is 11.8. The fourth-order valence-corrected chi connectivity index (χ4v) is 2.30. The predicted molar refractivity (Wildman–Crippen MR) is 93.7 cm³/mol. The number of methoxy groups -OCH3 is 1. The first-order valence-corrected chi connectivity index (χ1v) is 8.05. The molecule has 130 valence electrons. The molecule has 3 aromatic rings. The van der Waals surface area contributed by atoms with Gasteiger partial charge in [0.05, 0.1) is 0 Å². The summed E-state index contributed by atoms with van der Waals surface area (Å²) in [5, 5.41) is 4.83. The molecule has 0 spiro atoms. The first-order valence-electron chi connectivity index (χ1n) is 7.67. The highest BCUT2D eigenvalue weighted by atomic mass is 35.5. The molecule has 1 aromatic heterocycles. The van der Waals surface area contributed by atoms with Crippen LogP contribution in [0.5, 0.6) is 5.75 Å². The SMILES string of the molecule is COC(C)n1nc(-c2ccc(OCc3ccc(Cl)cc3)cc2)oc1=O. The van der Waals surface area contributed by atoms with Crippen molar-refractivity contribution in [2.75, 3.05) is 7.11 Å². The average Bonchev–Trinajstić information content (AvgIpc) is 3.03. The van der Waals surface area contributed by atoms with Crippen LogP contribution < -0.4 is 10.5 Å². The van der Waals surface area contributed by atoms with Gasteiger partial charge in [0.15, 0.2) is 6.23 Å². The van der Waals surface area contributed by atoms with E-state index in [1.165, 1.54) is 7.11 Å². The molecular formula is C18H17ClN2O4. The molecule has 1 heterocycles. The first-order chi connectivity index (χ1) is 12.1. The third-order valence-electron chi connectivity index (χ3n) is 3.68. The standard InChI is InChI=1S/C18H17ClN2O4/c1-12(23-2)21-18(22)25-17(20-21)14-5-9-16(10-6-14)24-11-13-3-7-15(19)8-4-13/h3-10,12H,11H2,1-2H3. The summed E-state index contributed by atoms with van der Waals surface area (Å²) in [7, 11) is 1.50. The summed E-state index contributed by atoms with van der Waals surface area (Å²) < 4.78 is 17.1. The van der Waals surface area contributed by atoms with E-state index in [1.54, 1.807) is 31.2 Å². The van der Waals surface area contributed by atoms with Crippen LogP contribution in [0.4, 0.5) is 0 Å². The average molecular weight is 361 g/mol. The molecule has 25 heavy (non-hydrogen) atoms. The van der Waals surface area contributed by atoms with Crippen molar-refractivity contribution in [3.8, 4) is 17.2 Å². The lowest BCUT2D eigenvalue weighted by molar-refractivity contribution is 0.0448. The van der Waals surface area contributed by atoms with Crippen LogP contribution in [0, 0.1) is 0 Å². The van der Waals surface area contributed by atoms with Crippen LogP contribution in [0.15, 0.2) is 57.7 Å². The van der Waals surface area contributed by atoms with Gasteiger partial charge in [0.2, 0.25) is 5.89 Å². The Morgan fingerprint density at radius 2 is 1.84 bits per heavy atom. The molecule has 0 fully saturated rings. The maximum absolute atomic E-state index is 11.8. The molecular weight excluding hydrogens is 344 g/mol. The van der Waals surface area contributed by atoms with Crippen LogP contribution in [-0.4, -0.2) is 16.9 Å². The van der Waals surface area contributed by atoms with Crippen molar-refractivity contribution in [3.63, 3.8) is 0 Å². The molecule has 0 amide bonds. The summed E-state index contributed by atoms with van der Waals surface area (Å²) in [6.45, 7) is 2.15. The van der Waals surface area contributed by atoms with E-state index in [4.69, 9.17) is 25.5 Å². The number of ether oxygens (including phenoxy) is 2. The van der Waals surface area contributed by atoms with Crippen LogP contribution in [0.25, 0.3) is 11.5 Å². The highest BCUT2D eigenvalue weighted by Gasteiger charge is 2.14. The molecule has 0 saturated heterocycles. The van der Waals surface area contributed by atoms with E-state index in [0.717, 1.165) is 10.2 Å². The number of halogens is 1. The molecule has 0 aliphatic rings. The van der Waals surface area contributed by atoms with Crippen molar-refractivity contribution in [1.29, 1.82) is 0 Å². The number of hydrogen-bond donors (Lipinski definition) is 0. The van der Waals surface area contributed by atoms with Gasteiger partial charge >= 0.3 is 5.76 Å². The Hall–Kier alpha value is -2.57. The molecule has 0 aliphatic carbocycles. The monoisotopic (exact) mass is 360 g/mol. The minimum Gasteiger partial charge on any atom is -0.489 e. The zero-order valence-electron chi connectivity index (χ0n) is 13.8. The number of nitrogens with zero attached hydrogens (tertiary/aromatic N) is 2. The Morgan fingerprint density at radius 3 is 2.48 bits per heavy atom. The Morgan fingerprint density at radius 1 is 1.16 bits per heavy atom.